The van der Waals surface area contributed by atoms with Crippen LogP contribution in [0.1, 0.15) is 27.0 Å². The molecule has 1 saturated heterocycles. The van der Waals surface area contributed by atoms with Gasteiger partial charge in [0, 0.05) is 38.3 Å². The van der Waals surface area contributed by atoms with E-state index in [1.165, 1.54) is 11.1 Å². The van der Waals surface area contributed by atoms with E-state index in [4.69, 9.17) is 0 Å². The number of hydrogen-bond acceptors (Lipinski definition) is 2. The molecule has 0 radical (unpaired) electrons. The number of carbonyl (C=O) groups is 1. The fourth-order valence-electron chi connectivity index (χ4n) is 3.19. The molecule has 0 unspecified atom stereocenters. The van der Waals surface area contributed by atoms with Crippen molar-refractivity contribution in [3.8, 4) is 0 Å². The van der Waals surface area contributed by atoms with Gasteiger partial charge in [-0.15, -0.1) is 0 Å². The van der Waals surface area contributed by atoms with Crippen LogP contribution in [0, 0.1) is 13.8 Å². The van der Waals surface area contributed by atoms with Gasteiger partial charge in [0.2, 0.25) is 0 Å². The SMILES string of the molecule is Cc1cccc(C(=O)N2CCN(C/C=C/c3ccccc3)CC2)c1C. The Hall–Kier alpha value is -2.39. The fraction of sp³-hybridized carbons (Fsp3) is 0.318. The number of rotatable bonds is 4. The first-order valence-electron chi connectivity index (χ1n) is 8.94. The Bertz CT molecular complexity index is 744. The average Bonchev–Trinajstić information content (AvgIpc) is 2.65. The standard InChI is InChI=1S/C22H26N2O/c1-18-8-6-12-21(19(18)2)22(25)24-16-14-23(15-17-24)13-7-11-20-9-4-3-5-10-20/h3-12H,13-17H2,1-2H3/b11-7+. The maximum atomic E-state index is 12.8. The van der Waals surface area contributed by atoms with Gasteiger partial charge in [-0.3, -0.25) is 9.69 Å². The van der Waals surface area contributed by atoms with Crippen molar-refractivity contribution in [2.24, 2.45) is 0 Å². The van der Waals surface area contributed by atoms with Crippen molar-refractivity contribution in [1.82, 2.24) is 9.80 Å². The molecule has 0 N–H and O–H groups in total. The van der Waals surface area contributed by atoms with Crippen molar-refractivity contribution in [1.29, 1.82) is 0 Å². The lowest BCUT2D eigenvalue weighted by Crippen LogP contribution is -2.48. The monoisotopic (exact) mass is 334 g/mol. The molecule has 3 rings (SSSR count). The zero-order valence-electron chi connectivity index (χ0n) is 15.1. The lowest BCUT2D eigenvalue weighted by molar-refractivity contribution is 0.0649. The van der Waals surface area contributed by atoms with E-state index >= 15 is 0 Å². The molecular formula is C22H26N2O. The summed E-state index contributed by atoms with van der Waals surface area (Å²) in [6, 6.07) is 16.3. The summed E-state index contributed by atoms with van der Waals surface area (Å²) in [5, 5.41) is 0. The van der Waals surface area contributed by atoms with Crippen LogP contribution in [0.4, 0.5) is 0 Å². The molecule has 3 nitrogen and oxygen atoms in total. The van der Waals surface area contributed by atoms with Gasteiger partial charge in [0.25, 0.3) is 5.91 Å². The lowest BCUT2D eigenvalue weighted by Gasteiger charge is -2.34. The molecule has 0 spiro atoms. The Kier molecular flexibility index (Phi) is 5.67. The highest BCUT2D eigenvalue weighted by Crippen LogP contribution is 2.16. The number of piperazine rings is 1. The van der Waals surface area contributed by atoms with Crippen LogP contribution in [0.25, 0.3) is 6.08 Å². The predicted molar refractivity (Wildman–Crippen MR) is 104 cm³/mol. The maximum absolute atomic E-state index is 12.8. The first-order valence-corrected chi connectivity index (χ1v) is 8.94. The van der Waals surface area contributed by atoms with E-state index in [2.05, 4.69) is 54.3 Å². The highest BCUT2D eigenvalue weighted by atomic mass is 16.2. The van der Waals surface area contributed by atoms with Crippen LogP contribution in [0.5, 0.6) is 0 Å². The Morgan fingerprint density at radius 2 is 1.68 bits per heavy atom. The van der Waals surface area contributed by atoms with E-state index < -0.39 is 0 Å². The summed E-state index contributed by atoms with van der Waals surface area (Å²) < 4.78 is 0. The third-order valence-corrected chi connectivity index (χ3v) is 4.97. The second-order valence-corrected chi connectivity index (χ2v) is 6.65. The third kappa shape index (κ3) is 4.37. The summed E-state index contributed by atoms with van der Waals surface area (Å²) in [4.78, 5) is 17.2. The molecule has 1 aliphatic heterocycles. The van der Waals surface area contributed by atoms with Crippen molar-refractivity contribution in [3.63, 3.8) is 0 Å². The highest BCUT2D eigenvalue weighted by molar-refractivity contribution is 5.96. The van der Waals surface area contributed by atoms with E-state index in [1.807, 2.05) is 30.0 Å². The fourth-order valence-corrected chi connectivity index (χ4v) is 3.19. The molecule has 2 aromatic carbocycles. The van der Waals surface area contributed by atoms with Gasteiger partial charge >= 0.3 is 0 Å². The molecule has 0 aliphatic carbocycles. The normalized spacial score (nSPS) is 15.7. The third-order valence-electron chi connectivity index (χ3n) is 4.97. The predicted octanol–water partition coefficient (Wildman–Crippen LogP) is 3.77. The number of benzene rings is 2. The van der Waals surface area contributed by atoms with Crippen molar-refractivity contribution in [2.75, 3.05) is 32.7 Å². The summed E-state index contributed by atoms with van der Waals surface area (Å²) in [7, 11) is 0. The van der Waals surface area contributed by atoms with Gasteiger partial charge in [-0.1, -0.05) is 54.6 Å². The second kappa shape index (κ2) is 8.13. The van der Waals surface area contributed by atoms with Gasteiger partial charge < -0.3 is 4.90 Å². The molecule has 25 heavy (non-hydrogen) atoms. The van der Waals surface area contributed by atoms with Gasteiger partial charge in [0.1, 0.15) is 0 Å². The molecule has 2 aromatic rings. The average molecular weight is 334 g/mol. The molecule has 0 bridgehead atoms. The second-order valence-electron chi connectivity index (χ2n) is 6.65. The molecule has 1 heterocycles. The van der Waals surface area contributed by atoms with E-state index in [1.54, 1.807) is 0 Å². The first kappa shape index (κ1) is 17.4. The van der Waals surface area contributed by atoms with Crippen LogP contribution >= 0.6 is 0 Å². The van der Waals surface area contributed by atoms with Crippen molar-refractivity contribution < 1.29 is 4.79 Å². The Morgan fingerprint density at radius 1 is 0.960 bits per heavy atom. The summed E-state index contributed by atoms with van der Waals surface area (Å²) in [5.74, 6) is 0.167. The molecule has 130 valence electrons. The van der Waals surface area contributed by atoms with Gasteiger partial charge in [0.15, 0.2) is 0 Å². The van der Waals surface area contributed by atoms with Crippen LogP contribution < -0.4 is 0 Å². The zero-order chi connectivity index (χ0) is 17.6. The van der Waals surface area contributed by atoms with E-state index in [0.717, 1.165) is 43.9 Å². The van der Waals surface area contributed by atoms with Gasteiger partial charge in [-0.05, 0) is 36.6 Å². The Balaban J connectivity index is 1.52. The van der Waals surface area contributed by atoms with Gasteiger partial charge in [-0.2, -0.15) is 0 Å². The molecule has 0 aromatic heterocycles. The molecular weight excluding hydrogens is 308 g/mol. The zero-order valence-corrected chi connectivity index (χ0v) is 15.1. The van der Waals surface area contributed by atoms with Crippen LogP contribution in [0.15, 0.2) is 54.6 Å². The van der Waals surface area contributed by atoms with Crippen molar-refractivity contribution in [3.05, 3.63) is 76.9 Å². The smallest absolute Gasteiger partial charge is 0.254 e. The minimum absolute atomic E-state index is 0.167. The van der Waals surface area contributed by atoms with Crippen LogP contribution in [0.3, 0.4) is 0 Å². The number of carbonyl (C=O) groups excluding carboxylic acids is 1. The lowest BCUT2D eigenvalue weighted by atomic mass is 10.0. The Morgan fingerprint density at radius 3 is 2.40 bits per heavy atom. The van der Waals surface area contributed by atoms with Crippen LogP contribution in [0.2, 0.25) is 0 Å². The number of hydrogen-bond donors (Lipinski definition) is 0. The number of aryl methyl sites for hydroxylation is 1. The molecule has 3 heteroatoms. The highest BCUT2D eigenvalue weighted by Gasteiger charge is 2.22. The summed E-state index contributed by atoms with van der Waals surface area (Å²) in [6.07, 6.45) is 4.37. The minimum atomic E-state index is 0.167. The summed E-state index contributed by atoms with van der Waals surface area (Å²) in [5.41, 5.74) is 4.35. The van der Waals surface area contributed by atoms with Crippen LogP contribution in [-0.4, -0.2) is 48.4 Å². The first-order chi connectivity index (χ1) is 12.1. The molecule has 0 atom stereocenters. The maximum Gasteiger partial charge on any atom is 0.254 e. The summed E-state index contributed by atoms with van der Waals surface area (Å²) in [6.45, 7) is 8.47. The quantitative estimate of drug-likeness (QED) is 0.850. The van der Waals surface area contributed by atoms with Crippen LogP contribution in [-0.2, 0) is 0 Å². The molecule has 1 fully saturated rings. The number of amides is 1. The van der Waals surface area contributed by atoms with E-state index in [9.17, 15) is 4.79 Å². The van der Waals surface area contributed by atoms with E-state index in [-0.39, 0.29) is 5.91 Å². The Labute approximate surface area is 150 Å². The molecule has 1 amide bonds. The topological polar surface area (TPSA) is 23.6 Å². The van der Waals surface area contributed by atoms with E-state index in [0.29, 0.717) is 0 Å². The van der Waals surface area contributed by atoms with Crippen molar-refractivity contribution in [2.45, 2.75) is 13.8 Å². The minimum Gasteiger partial charge on any atom is -0.336 e. The molecule has 1 aliphatic rings. The molecule has 0 saturated carbocycles. The van der Waals surface area contributed by atoms with Gasteiger partial charge in [0.05, 0.1) is 0 Å². The summed E-state index contributed by atoms with van der Waals surface area (Å²) >= 11 is 0. The van der Waals surface area contributed by atoms with Gasteiger partial charge in [-0.25, -0.2) is 0 Å². The van der Waals surface area contributed by atoms with Crippen molar-refractivity contribution >= 4 is 12.0 Å². The number of nitrogens with zero attached hydrogens (tertiary/aromatic N) is 2. The largest absolute Gasteiger partial charge is 0.336 e.